The first-order chi connectivity index (χ1) is 5.56. The van der Waals surface area contributed by atoms with Gasteiger partial charge in [-0.25, -0.2) is 13.1 Å². The van der Waals surface area contributed by atoms with Crippen molar-refractivity contribution in [3.8, 4) is 0 Å². The van der Waals surface area contributed by atoms with E-state index in [0.29, 0.717) is 5.69 Å². The molecule has 6 heteroatoms. The molecule has 3 N–H and O–H groups in total. The van der Waals surface area contributed by atoms with Gasteiger partial charge in [-0.15, -0.1) is 0 Å². The van der Waals surface area contributed by atoms with Crippen LogP contribution in [0.4, 0.5) is 5.69 Å². The van der Waals surface area contributed by atoms with Crippen LogP contribution in [0.25, 0.3) is 0 Å². The van der Waals surface area contributed by atoms with Gasteiger partial charge in [0.15, 0.2) is 0 Å². The van der Waals surface area contributed by atoms with E-state index in [-0.39, 0.29) is 4.90 Å². The maximum atomic E-state index is 11.1. The standard InChI is InChI=1S/C6H9N3O2S/c1-8-12(10,11)6-2-5(7)3-9-4-6/h2-4,8H,7H2,1H3. The van der Waals surface area contributed by atoms with Crippen LogP contribution in [-0.4, -0.2) is 20.4 Å². The summed E-state index contributed by atoms with van der Waals surface area (Å²) in [5.74, 6) is 0. The highest BCUT2D eigenvalue weighted by Gasteiger charge is 2.10. The number of hydrogen-bond acceptors (Lipinski definition) is 4. The molecule has 0 atom stereocenters. The van der Waals surface area contributed by atoms with Crippen LogP contribution in [0, 0.1) is 0 Å². The van der Waals surface area contributed by atoms with Gasteiger partial charge in [0.1, 0.15) is 4.90 Å². The third-order valence-corrected chi connectivity index (χ3v) is 2.69. The molecule has 0 spiro atoms. The highest BCUT2D eigenvalue weighted by atomic mass is 32.2. The van der Waals surface area contributed by atoms with Gasteiger partial charge < -0.3 is 5.73 Å². The highest BCUT2D eigenvalue weighted by molar-refractivity contribution is 7.89. The Morgan fingerprint density at radius 3 is 2.67 bits per heavy atom. The molecule has 12 heavy (non-hydrogen) atoms. The molecular formula is C6H9N3O2S. The first kappa shape index (κ1) is 8.95. The molecular weight excluding hydrogens is 178 g/mol. The summed E-state index contributed by atoms with van der Waals surface area (Å²) in [4.78, 5) is 3.73. The number of nitrogens with two attached hydrogens (primary N) is 1. The van der Waals surface area contributed by atoms with E-state index in [1.807, 2.05) is 0 Å². The number of hydrogen-bond donors (Lipinski definition) is 2. The number of pyridine rings is 1. The average molecular weight is 187 g/mol. The maximum absolute atomic E-state index is 11.1. The second-order valence-corrected chi connectivity index (χ2v) is 4.05. The predicted octanol–water partition coefficient (Wildman–Crippen LogP) is -0.428. The zero-order chi connectivity index (χ0) is 9.19. The predicted molar refractivity (Wildman–Crippen MR) is 44.9 cm³/mol. The summed E-state index contributed by atoms with van der Waals surface area (Å²) in [6, 6.07) is 1.35. The Morgan fingerprint density at radius 1 is 1.50 bits per heavy atom. The van der Waals surface area contributed by atoms with Gasteiger partial charge in [0.2, 0.25) is 10.0 Å². The summed E-state index contributed by atoms with van der Waals surface area (Å²) in [5.41, 5.74) is 5.68. The first-order valence-corrected chi connectivity index (χ1v) is 4.68. The van der Waals surface area contributed by atoms with Crippen molar-refractivity contribution in [3.05, 3.63) is 18.5 Å². The van der Waals surface area contributed by atoms with Crippen LogP contribution >= 0.6 is 0 Å². The molecule has 0 amide bonds. The number of sulfonamides is 1. The zero-order valence-electron chi connectivity index (χ0n) is 6.48. The first-order valence-electron chi connectivity index (χ1n) is 3.20. The van der Waals surface area contributed by atoms with E-state index in [9.17, 15) is 8.42 Å². The van der Waals surface area contributed by atoms with E-state index in [1.54, 1.807) is 0 Å². The van der Waals surface area contributed by atoms with Crippen molar-refractivity contribution in [2.24, 2.45) is 0 Å². The summed E-state index contributed by atoms with van der Waals surface area (Å²) >= 11 is 0. The van der Waals surface area contributed by atoms with Crippen LogP contribution < -0.4 is 10.5 Å². The van der Waals surface area contributed by atoms with Crippen molar-refractivity contribution >= 4 is 15.7 Å². The SMILES string of the molecule is CNS(=O)(=O)c1cncc(N)c1. The molecule has 0 unspecified atom stereocenters. The second-order valence-electron chi connectivity index (χ2n) is 2.16. The third kappa shape index (κ3) is 1.72. The Kier molecular flexibility index (Phi) is 2.30. The minimum atomic E-state index is -3.41. The molecule has 0 bridgehead atoms. The largest absolute Gasteiger partial charge is 0.397 e. The van der Waals surface area contributed by atoms with Crippen molar-refractivity contribution < 1.29 is 8.42 Å². The summed E-state index contributed by atoms with van der Waals surface area (Å²) in [6.07, 6.45) is 2.62. The van der Waals surface area contributed by atoms with Crippen molar-refractivity contribution in [2.45, 2.75) is 4.90 Å². The molecule has 5 nitrogen and oxygen atoms in total. The fourth-order valence-corrected chi connectivity index (χ4v) is 1.43. The number of aromatic nitrogens is 1. The smallest absolute Gasteiger partial charge is 0.241 e. The fourth-order valence-electron chi connectivity index (χ4n) is 0.700. The number of rotatable bonds is 2. The van der Waals surface area contributed by atoms with Gasteiger partial charge in [-0.05, 0) is 13.1 Å². The fraction of sp³-hybridized carbons (Fsp3) is 0.167. The van der Waals surface area contributed by atoms with Crippen LogP contribution in [0.1, 0.15) is 0 Å². The molecule has 0 aromatic carbocycles. The Labute approximate surface area is 70.7 Å². The molecule has 66 valence electrons. The molecule has 0 saturated heterocycles. The van der Waals surface area contributed by atoms with Crippen molar-refractivity contribution in [2.75, 3.05) is 12.8 Å². The molecule has 1 heterocycles. The van der Waals surface area contributed by atoms with E-state index in [2.05, 4.69) is 9.71 Å². The molecule has 0 saturated carbocycles. The van der Waals surface area contributed by atoms with Gasteiger partial charge >= 0.3 is 0 Å². The Bertz CT molecular complexity index is 374. The molecule has 0 aliphatic rings. The number of anilines is 1. The summed E-state index contributed by atoms with van der Waals surface area (Å²) in [7, 11) is -2.08. The molecule has 1 aromatic rings. The Hall–Kier alpha value is -1.14. The van der Waals surface area contributed by atoms with Gasteiger partial charge in [-0.2, -0.15) is 0 Å². The van der Waals surface area contributed by atoms with Gasteiger partial charge in [0, 0.05) is 12.4 Å². The van der Waals surface area contributed by atoms with Crippen LogP contribution in [0.15, 0.2) is 23.4 Å². The molecule has 1 aromatic heterocycles. The summed E-state index contributed by atoms with van der Waals surface area (Å²) in [5, 5.41) is 0. The van der Waals surface area contributed by atoms with Gasteiger partial charge in [0.25, 0.3) is 0 Å². The lowest BCUT2D eigenvalue weighted by Gasteiger charge is -2.01. The lowest BCUT2D eigenvalue weighted by Crippen LogP contribution is -2.18. The minimum Gasteiger partial charge on any atom is -0.397 e. The topological polar surface area (TPSA) is 85.1 Å². The quantitative estimate of drug-likeness (QED) is 0.658. The molecule has 0 aliphatic carbocycles. The van der Waals surface area contributed by atoms with Crippen LogP contribution in [-0.2, 0) is 10.0 Å². The zero-order valence-corrected chi connectivity index (χ0v) is 7.30. The maximum Gasteiger partial charge on any atom is 0.241 e. The van der Waals surface area contributed by atoms with Crippen LogP contribution in [0.3, 0.4) is 0 Å². The lowest BCUT2D eigenvalue weighted by molar-refractivity contribution is 0.588. The molecule has 1 rings (SSSR count). The van der Waals surface area contributed by atoms with E-state index in [4.69, 9.17) is 5.73 Å². The highest BCUT2D eigenvalue weighted by Crippen LogP contribution is 2.09. The van der Waals surface area contributed by atoms with E-state index in [0.717, 1.165) is 0 Å². The van der Waals surface area contributed by atoms with Gasteiger partial charge in [-0.1, -0.05) is 0 Å². The molecule has 0 fully saturated rings. The Balaban J connectivity index is 3.21. The average Bonchev–Trinajstić information content (AvgIpc) is 2.05. The number of nitrogens with zero attached hydrogens (tertiary/aromatic N) is 1. The Morgan fingerprint density at radius 2 is 2.17 bits per heavy atom. The van der Waals surface area contributed by atoms with Crippen molar-refractivity contribution in [1.29, 1.82) is 0 Å². The second kappa shape index (κ2) is 3.08. The van der Waals surface area contributed by atoms with E-state index >= 15 is 0 Å². The van der Waals surface area contributed by atoms with Gasteiger partial charge in [-0.3, -0.25) is 4.98 Å². The lowest BCUT2D eigenvalue weighted by atomic mass is 10.4. The third-order valence-electron chi connectivity index (χ3n) is 1.31. The number of nitrogen functional groups attached to an aromatic ring is 1. The summed E-state index contributed by atoms with van der Waals surface area (Å²) < 4.78 is 24.5. The summed E-state index contributed by atoms with van der Waals surface area (Å²) in [6.45, 7) is 0. The minimum absolute atomic E-state index is 0.0741. The molecule has 0 radical (unpaired) electrons. The van der Waals surface area contributed by atoms with E-state index < -0.39 is 10.0 Å². The van der Waals surface area contributed by atoms with Crippen molar-refractivity contribution in [1.82, 2.24) is 9.71 Å². The normalized spacial score (nSPS) is 11.4. The number of nitrogens with one attached hydrogen (secondary N) is 1. The van der Waals surface area contributed by atoms with Crippen LogP contribution in [0.5, 0.6) is 0 Å². The molecule has 0 aliphatic heterocycles. The monoisotopic (exact) mass is 187 g/mol. The van der Waals surface area contributed by atoms with Crippen LogP contribution in [0.2, 0.25) is 0 Å². The van der Waals surface area contributed by atoms with E-state index in [1.165, 1.54) is 25.5 Å². The van der Waals surface area contributed by atoms with Gasteiger partial charge in [0.05, 0.1) is 5.69 Å². The van der Waals surface area contributed by atoms with Crippen molar-refractivity contribution in [3.63, 3.8) is 0 Å².